The minimum absolute atomic E-state index is 0.0512. The van der Waals surface area contributed by atoms with E-state index in [1.807, 2.05) is 0 Å². The van der Waals surface area contributed by atoms with Crippen molar-refractivity contribution in [2.24, 2.45) is 5.92 Å². The van der Waals surface area contributed by atoms with Gasteiger partial charge in [0.2, 0.25) is 0 Å². The zero-order chi connectivity index (χ0) is 9.97. The molecule has 3 heteroatoms. The monoisotopic (exact) mass is 200 g/mol. The van der Waals surface area contributed by atoms with Gasteiger partial charge in [-0.05, 0) is 18.8 Å². The summed E-state index contributed by atoms with van der Waals surface area (Å²) in [6.45, 7) is -0.0512. The van der Waals surface area contributed by atoms with Gasteiger partial charge in [0.05, 0.1) is 18.8 Å². The summed E-state index contributed by atoms with van der Waals surface area (Å²) in [6, 6.07) is 0. The quantitative estimate of drug-likeness (QED) is 0.701. The van der Waals surface area contributed by atoms with Gasteiger partial charge in [0.1, 0.15) is 6.10 Å². The van der Waals surface area contributed by atoms with E-state index in [-0.39, 0.29) is 18.8 Å². The standard InChI is InChI=1S/C11H20O3/c12-7-11-9(13)6-10(14-11)8-4-2-1-3-5-8/h8-13H,1-7H2. The second kappa shape index (κ2) is 4.60. The van der Waals surface area contributed by atoms with Gasteiger partial charge in [0.25, 0.3) is 0 Å². The molecule has 3 unspecified atom stereocenters. The largest absolute Gasteiger partial charge is 0.394 e. The maximum absolute atomic E-state index is 9.61. The first-order valence-electron chi connectivity index (χ1n) is 5.75. The molecule has 1 aliphatic heterocycles. The van der Waals surface area contributed by atoms with Gasteiger partial charge in [-0.1, -0.05) is 19.3 Å². The van der Waals surface area contributed by atoms with Crippen LogP contribution in [0.15, 0.2) is 0 Å². The molecule has 0 aromatic carbocycles. The van der Waals surface area contributed by atoms with Gasteiger partial charge in [0, 0.05) is 6.42 Å². The van der Waals surface area contributed by atoms with Crippen molar-refractivity contribution in [2.75, 3.05) is 6.61 Å². The lowest BCUT2D eigenvalue weighted by atomic mass is 9.84. The van der Waals surface area contributed by atoms with Crippen molar-refractivity contribution in [1.29, 1.82) is 0 Å². The molecule has 1 saturated heterocycles. The third-order valence-corrected chi connectivity index (χ3v) is 3.61. The SMILES string of the molecule is OCC1OC(C2CCCCC2)CC1O. The van der Waals surface area contributed by atoms with Crippen molar-refractivity contribution in [1.82, 2.24) is 0 Å². The van der Waals surface area contributed by atoms with Crippen LogP contribution in [0.1, 0.15) is 38.5 Å². The van der Waals surface area contributed by atoms with E-state index in [2.05, 4.69) is 0 Å². The fourth-order valence-corrected chi connectivity index (χ4v) is 2.73. The summed E-state index contributed by atoms with van der Waals surface area (Å²) < 4.78 is 5.66. The van der Waals surface area contributed by atoms with Crippen molar-refractivity contribution in [3.05, 3.63) is 0 Å². The Morgan fingerprint density at radius 2 is 1.86 bits per heavy atom. The van der Waals surface area contributed by atoms with Crippen LogP contribution in [0.4, 0.5) is 0 Å². The van der Waals surface area contributed by atoms with E-state index in [4.69, 9.17) is 9.84 Å². The molecule has 0 bridgehead atoms. The second-order valence-electron chi connectivity index (χ2n) is 4.60. The Hall–Kier alpha value is -0.120. The molecule has 3 atom stereocenters. The van der Waals surface area contributed by atoms with E-state index >= 15 is 0 Å². The summed E-state index contributed by atoms with van der Waals surface area (Å²) in [7, 11) is 0. The van der Waals surface area contributed by atoms with Crippen molar-refractivity contribution in [2.45, 2.75) is 56.8 Å². The van der Waals surface area contributed by atoms with E-state index in [0.29, 0.717) is 5.92 Å². The molecule has 82 valence electrons. The summed E-state index contributed by atoms with van der Waals surface area (Å²) in [5.74, 6) is 0.620. The lowest BCUT2D eigenvalue weighted by Gasteiger charge is -2.26. The molecule has 0 spiro atoms. The average Bonchev–Trinajstić information content (AvgIpc) is 2.61. The molecule has 2 rings (SSSR count). The summed E-state index contributed by atoms with van der Waals surface area (Å²) in [5, 5.41) is 18.6. The van der Waals surface area contributed by atoms with Gasteiger partial charge in [-0.15, -0.1) is 0 Å². The van der Waals surface area contributed by atoms with E-state index in [1.165, 1.54) is 32.1 Å². The average molecular weight is 200 g/mol. The van der Waals surface area contributed by atoms with Gasteiger partial charge in [0.15, 0.2) is 0 Å². The summed E-state index contributed by atoms with van der Waals surface area (Å²) in [4.78, 5) is 0. The normalized spacial score (nSPS) is 40.3. The Morgan fingerprint density at radius 1 is 1.14 bits per heavy atom. The minimum Gasteiger partial charge on any atom is -0.394 e. The van der Waals surface area contributed by atoms with Crippen LogP contribution >= 0.6 is 0 Å². The van der Waals surface area contributed by atoms with E-state index in [0.717, 1.165) is 6.42 Å². The third kappa shape index (κ3) is 2.10. The molecular weight excluding hydrogens is 180 g/mol. The molecule has 1 aliphatic carbocycles. The molecule has 3 nitrogen and oxygen atoms in total. The lowest BCUT2D eigenvalue weighted by molar-refractivity contribution is -0.0428. The van der Waals surface area contributed by atoms with Gasteiger partial charge >= 0.3 is 0 Å². The number of aliphatic hydroxyl groups is 2. The molecule has 1 heterocycles. The molecule has 0 aromatic rings. The fraction of sp³-hybridized carbons (Fsp3) is 1.00. The summed E-state index contributed by atoms with van der Waals surface area (Å²) >= 11 is 0. The smallest absolute Gasteiger partial charge is 0.107 e. The predicted molar refractivity (Wildman–Crippen MR) is 52.9 cm³/mol. The molecule has 2 aliphatic rings. The predicted octanol–water partition coefficient (Wildman–Crippen LogP) is 1.08. The lowest BCUT2D eigenvalue weighted by Crippen LogP contribution is -2.25. The molecule has 0 radical (unpaired) electrons. The van der Waals surface area contributed by atoms with Crippen LogP contribution in [0, 0.1) is 5.92 Å². The molecule has 1 saturated carbocycles. The molecule has 2 N–H and O–H groups in total. The number of hydrogen-bond donors (Lipinski definition) is 2. The Kier molecular flexibility index (Phi) is 3.42. The molecule has 0 amide bonds. The first-order valence-corrected chi connectivity index (χ1v) is 5.75. The molecule has 2 fully saturated rings. The maximum atomic E-state index is 9.61. The zero-order valence-corrected chi connectivity index (χ0v) is 8.56. The van der Waals surface area contributed by atoms with Crippen LogP contribution in [-0.4, -0.2) is 35.1 Å². The van der Waals surface area contributed by atoms with E-state index in [1.54, 1.807) is 0 Å². The molecule has 0 aromatic heterocycles. The number of hydrogen-bond acceptors (Lipinski definition) is 3. The van der Waals surface area contributed by atoms with E-state index in [9.17, 15) is 5.11 Å². The van der Waals surface area contributed by atoms with Crippen molar-refractivity contribution in [3.8, 4) is 0 Å². The van der Waals surface area contributed by atoms with Crippen LogP contribution in [0.3, 0.4) is 0 Å². The fourth-order valence-electron chi connectivity index (χ4n) is 2.73. The zero-order valence-electron chi connectivity index (χ0n) is 8.56. The Labute approximate surface area is 85.1 Å². The van der Waals surface area contributed by atoms with Crippen LogP contribution in [-0.2, 0) is 4.74 Å². The number of aliphatic hydroxyl groups excluding tert-OH is 2. The van der Waals surface area contributed by atoms with Gasteiger partial charge in [-0.2, -0.15) is 0 Å². The Balaban J connectivity index is 1.86. The maximum Gasteiger partial charge on any atom is 0.107 e. The molecule has 14 heavy (non-hydrogen) atoms. The second-order valence-corrected chi connectivity index (χ2v) is 4.60. The van der Waals surface area contributed by atoms with Crippen LogP contribution < -0.4 is 0 Å². The summed E-state index contributed by atoms with van der Waals surface area (Å²) in [6.07, 6.45) is 6.53. The molecular formula is C11H20O3. The van der Waals surface area contributed by atoms with Crippen molar-refractivity contribution >= 4 is 0 Å². The highest BCUT2D eigenvalue weighted by atomic mass is 16.5. The van der Waals surface area contributed by atoms with Crippen molar-refractivity contribution in [3.63, 3.8) is 0 Å². The first-order chi connectivity index (χ1) is 6.81. The highest BCUT2D eigenvalue weighted by molar-refractivity contribution is 4.86. The minimum atomic E-state index is -0.452. The van der Waals surface area contributed by atoms with Gasteiger partial charge < -0.3 is 14.9 Å². The first kappa shape index (κ1) is 10.4. The van der Waals surface area contributed by atoms with Gasteiger partial charge in [-0.25, -0.2) is 0 Å². The summed E-state index contributed by atoms with van der Waals surface area (Å²) in [5.41, 5.74) is 0. The van der Waals surface area contributed by atoms with Crippen LogP contribution in [0.2, 0.25) is 0 Å². The van der Waals surface area contributed by atoms with Crippen molar-refractivity contribution < 1.29 is 14.9 Å². The highest BCUT2D eigenvalue weighted by Crippen LogP contribution is 2.34. The third-order valence-electron chi connectivity index (χ3n) is 3.61. The number of ether oxygens (including phenoxy) is 1. The van der Waals surface area contributed by atoms with E-state index < -0.39 is 6.10 Å². The number of rotatable bonds is 2. The van der Waals surface area contributed by atoms with Crippen LogP contribution in [0.25, 0.3) is 0 Å². The van der Waals surface area contributed by atoms with Gasteiger partial charge in [-0.3, -0.25) is 0 Å². The Morgan fingerprint density at radius 3 is 2.43 bits per heavy atom. The highest BCUT2D eigenvalue weighted by Gasteiger charge is 2.37. The van der Waals surface area contributed by atoms with Crippen LogP contribution in [0.5, 0.6) is 0 Å². The Bertz CT molecular complexity index is 177. The topological polar surface area (TPSA) is 49.7 Å².